The third kappa shape index (κ3) is 3.90. The standard InChI is InChI=1S/C22H30N6S/c1-15-16(2)29-22-20(15)21(24-19(25-22)14-27-10-5-6-11-27)23-13-17-9-12-28(26-17)18-7-3-4-8-18/h9,12,18H,3-8,10-11,13-14H2,1-2H3,(H,23,24,25). The van der Waals surface area contributed by atoms with E-state index in [9.17, 15) is 0 Å². The summed E-state index contributed by atoms with van der Waals surface area (Å²) in [7, 11) is 0. The Morgan fingerprint density at radius 2 is 1.90 bits per heavy atom. The van der Waals surface area contributed by atoms with E-state index in [2.05, 4.69) is 41.0 Å². The van der Waals surface area contributed by atoms with Crippen molar-refractivity contribution >= 4 is 27.4 Å². The molecule has 1 aliphatic carbocycles. The van der Waals surface area contributed by atoms with Crippen molar-refractivity contribution in [3.63, 3.8) is 0 Å². The van der Waals surface area contributed by atoms with E-state index in [0.717, 1.165) is 41.8 Å². The molecule has 0 bridgehead atoms. The maximum Gasteiger partial charge on any atom is 0.146 e. The summed E-state index contributed by atoms with van der Waals surface area (Å²) >= 11 is 1.78. The van der Waals surface area contributed by atoms with Gasteiger partial charge in [-0.1, -0.05) is 12.8 Å². The quantitative estimate of drug-likeness (QED) is 0.631. The SMILES string of the molecule is Cc1sc2nc(CN3CCCC3)nc(NCc3ccn(C4CCCC4)n3)c2c1C. The number of aromatic nitrogens is 4. The van der Waals surface area contributed by atoms with Crippen LogP contribution in [0.1, 0.15) is 66.5 Å². The second kappa shape index (κ2) is 8.03. The maximum atomic E-state index is 4.95. The first-order valence-electron chi connectivity index (χ1n) is 10.9. The summed E-state index contributed by atoms with van der Waals surface area (Å²) in [6.07, 6.45) is 9.88. The highest BCUT2D eigenvalue weighted by Crippen LogP contribution is 2.34. The number of nitrogens with zero attached hydrogens (tertiary/aromatic N) is 5. The molecule has 3 aromatic rings. The highest BCUT2D eigenvalue weighted by Gasteiger charge is 2.19. The van der Waals surface area contributed by atoms with Gasteiger partial charge >= 0.3 is 0 Å². The van der Waals surface area contributed by atoms with Crippen LogP contribution in [0.3, 0.4) is 0 Å². The molecule has 29 heavy (non-hydrogen) atoms. The maximum absolute atomic E-state index is 4.95. The number of aryl methyl sites for hydroxylation is 2. The van der Waals surface area contributed by atoms with Crippen LogP contribution in [-0.2, 0) is 13.1 Å². The van der Waals surface area contributed by atoms with E-state index in [-0.39, 0.29) is 0 Å². The molecule has 0 spiro atoms. The van der Waals surface area contributed by atoms with Crippen molar-refractivity contribution < 1.29 is 0 Å². The van der Waals surface area contributed by atoms with Gasteiger partial charge in [0.25, 0.3) is 0 Å². The molecule has 1 aliphatic heterocycles. The molecule has 0 atom stereocenters. The minimum Gasteiger partial charge on any atom is -0.364 e. The minimum absolute atomic E-state index is 0.586. The zero-order chi connectivity index (χ0) is 19.8. The zero-order valence-corrected chi connectivity index (χ0v) is 18.3. The number of thiophene rings is 1. The van der Waals surface area contributed by atoms with Gasteiger partial charge in [-0.3, -0.25) is 9.58 Å². The van der Waals surface area contributed by atoms with Crippen molar-refractivity contribution in [2.75, 3.05) is 18.4 Å². The van der Waals surface area contributed by atoms with Crippen LogP contribution in [0.5, 0.6) is 0 Å². The molecular weight excluding hydrogens is 380 g/mol. The third-order valence-electron chi connectivity index (χ3n) is 6.44. The topological polar surface area (TPSA) is 58.9 Å². The van der Waals surface area contributed by atoms with E-state index in [4.69, 9.17) is 15.1 Å². The molecule has 1 saturated carbocycles. The molecule has 5 rings (SSSR count). The Morgan fingerprint density at radius 3 is 2.69 bits per heavy atom. The van der Waals surface area contributed by atoms with Gasteiger partial charge in [-0.25, -0.2) is 9.97 Å². The van der Waals surface area contributed by atoms with Crippen molar-refractivity contribution in [2.24, 2.45) is 0 Å². The van der Waals surface area contributed by atoms with Gasteiger partial charge in [0.1, 0.15) is 16.5 Å². The van der Waals surface area contributed by atoms with Crippen LogP contribution in [0.15, 0.2) is 12.3 Å². The Kier molecular flexibility index (Phi) is 5.26. The molecule has 2 fully saturated rings. The van der Waals surface area contributed by atoms with Gasteiger partial charge in [0.05, 0.1) is 30.2 Å². The lowest BCUT2D eigenvalue weighted by Gasteiger charge is -2.15. The molecule has 154 valence electrons. The highest BCUT2D eigenvalue weighted by molar-refractivity contribution is 7.18. The number of hydrogen-bond acceptors (Lipinski definition) is 6. The molecule has 0 amide bonds. The molecule has 0 radical (unpaired) electrons. The van der Waals surface area contributed by atoms with Gasteiger partial charge in [-0.15, -0.1) is 11.3 Å². The third-order valence-corrected chi connectivity index (χ3v) is 7.54. The summed E-state index contributed by atoms with van der Waals surface area (Å²) in [6.45, 7) is 8.21. The van der Waals surface area contributed by atoms with Crippen molar-refractivity contribution in [1.82, 2.24) is 24.6 Å². The predicted octanol–water partition coefficient (Wildman–Crippen LogP) is 4.83. The molecule has 0 aromatic carbocycles. The number of fused-ring (bicyclic) bond motifs is 1. The largest absolute Gasteiger partial charge is 0.364 e. The summed E-state index contributed by atoms with van der Waals surface area (Å²) in [5, 5.41) is 9.59. The van der Waals surface area contributed by atoms with E-state index in [1.807, 2.05) is 0 Å². The lowest BCUT2D eigenvalue weighted by molar-refractivity contribution is 0.323. The number of nitrogens with one attached hydrogen (secondary N) is 1. The molecule has 6 nitrogen and oxygen atoms in total. The van der Waals surface area contributed by atoms with Crippen LogP contribution in [0.25, 0.3) is 10.2 Å². The average Bonchev–Trinajstić information content (AvgIpc) is 3.49. The first kappa shape index (κ1) is 19.0. The van der Waals surface area contributed by atoms with Gasteiger partial charge in [-0.05, 0) is 64.3 Å². The van der Waals surface area contributed by atoms with Gasteiger partial charge in [0, 0.05) is 11.1 Å². The van der Waals surface area contributed by atoms with Crippen molar-refractivity contribution in [2.45, 2.75) is 71.5 Å². The van der Waals surface area contributed by atoms with Crippen molar-refractivity contribution in [1.29, 1.82) is 0 Å². The summed E-state index contributed by atoms with van der Waals surface area (Å²) in [5.74, 6) is 1.89. The summed E-state index contributed by atoms with van der Waals surface area (Å²) in [6, 6.07) is 2.73. The molecule has 2 aliphatic rings. The first-order valence-corrected chi connectivity index (χ1v) is 11.8. The van der Waals surface area contributed by atoms with Crippen molar-refractivity contribution in [3.05, 3.63) is 34.2 Å². The summed E-state index contributed by atoms with van der Waals surface area (Å²) in [4.78, 5) is 14.7. The first-order chi connectivity index (χ1) is 14.2. The molecule has 0 unspecified atom stereocenters. The average molecular weight is 411 g/mol. The van der Waals surface area contributed by atoms with E-state index in [1.165, 1.54) is 54.4 Å². The van der Waals surface area contributed by atoms with Gasteiger partial charge < -0.3 is 5.32 Å². The van der Waals surface area contributed by atoms with Crippen LogP contribution in [-0.4, -0.2) is 37.7 Å². The van der Waals surface area contributed by atoms with Crippen LogP contribution < -0.4 is 5.32 Å². The monoisotopic (exact) mass is 410 g/mol. The summed E-state index contributed by atoms with van der Waals surface area (Å²) in [5.41, 5.74) is 2.37. The van der Waals surface area contributed by atoms with E-state index >= 15 is 0 Å². The summed E-state index contributed by atoms with van der Waals surface area (Å²) < 4.78 is 2.17. The Balaban J connectivity index is 1.38. The second-order valence-electron chi connectivity index (χ2n) is 8.51. The fourth-order valence-corrected chi connectivity index (χ4v) is 5.70. The molecular formula is C22H30N6S. The second-order valence-corrected chi connectivity index (χ2v) is 9.72. The zero-order valence-electron chi connectivity index (χ0n) is 17.4. The number of likely N-dealkylation sites (tertiary alicyclic amines) is 1. The van der Waals surface area contributed by atoms with Gasteiger partial charge in [0.2, 0.25) is 0 Å². The Labute approximate surface area is 176 Å². The van der Waals surface area contributed by atoms with E-state index < -0.39 is 0 Å². The van der Waals surface area contributed by atoms with Crippen LogP contribution >= 0.6 is 11.3 Å². The minimum atomic E-state index is 0.586. The van der Waals surface area contributed by atoms with Gasteiger partial charge in [-0.2, -0.15) is 5.10 Å². The number of rotatable bonds is 6. The van der Waals surface area contributed by atoms with E-state index in [1.54, 1.807) is 11.3 Å². The smallest absolute Gasteiger partial charge is 0.146 e. The number of anilines is 1. The van der Waals surface area contributed by atoms with Crippen LogP contribution in [0.4, 0.5) is 5.82 Å². The Bertz CT molecular complexity index is 994. The number of hydrogen-bond donors (Lipinski definition) is 1. The fraction of sp³-hybridized carbons (Fsp3) is 0.591. The normalized spacial score (nSPS) is 18.3. The molecule has 1 saturated heterocycles. The molecule has 4 heterocycles. The highest BCUT2D eigenvalue weighted by atomic mass is 32.1. The van der Waals surface area contributed by atoms with Crippen LogP contribution in [0, 0.1) is 13.8 Å². The molecule has 1 N–H and O–H groups in total. The van der Waals surface area contributed by atoms with Gasteiger partial charge in [0.15, 0.2) is 0 Å². The predicted molar refractivity (Wildman–Crippen MR) is 118 cm³/mol. The van der Waals surface area contributed by atoms with Crippen molar-refractivity contribution in [3.8, 4) is 0 Å². The Hall–Kier alpha value is -1.99. The Morgan fingerprint density at radius 1 is 1.10 bits per heavy atom. The van der Waals surface area contributed by atoms with E-state index in [0.29, 0.717) is 12.6 Å². The lowest BCUT2D eigenvalue weighted by Crippen LogP contribution is -2.20. The van der Waals surface area contributed by atoms with Crippen LogP contribution in [0.2, 0.25) is 0 Å². The lowest BCUT2D eigenvalue weighted by atomic mass is 10.2. The fourth-order valence-electron chi connectivity index (χ4n) is 4.65. The molecule has 3 aromatic heterocycles. The molecule has 7 heteroatoms.